The van der Waals surface area contributed by atoms with Gasteiger partial charge in [-0.3, -0.25) is 0 Å². The maximum Gasteiger partial charge on any atom is 0.354 e. The average molecular weight is 278 g/mol. The molecule has 0 spiro atoms. The summed E-state index contributed by atoms with van der Waals surface area (Å²) in [6, 6.07) is 6.73. The predicted octanol–water partition coefficient (Wildman–Crippen LogP) is 1.66. The Kier molecular flexibility index (Phi) is 4.62. The van der Waals surface area contributed by atoms with E-state index in [0.29, 0.717) is 18.8 Å². The standard InChI is InChI=1S/C13H14N2O3S/c16-12(9-4-5-19-8-9)7-14-6-10-2-1-3-11(15-10)13(17)18/h1-5,8,12,14,16H,6-7H2,(H,17,18). The lowest BCUT2D eigenvalue weighted by molar-refractivity contribution is 0.0690. The Morgan fingerprint density at radius 3 is 2.95 bits per heavy atom. The fourth-order valence-electron chi connectivity index (χ4n) is 1.62. The topological polar surface area (TPSA) is 82.5 Å². The fraction of sp³-hybridized carbons (Fsp3) is 0.231. The molecule has 1 unspecified atom stereocenters. The molecule has 0 aliphatic carbocycles. The van der Waals surface area contributed by atoms with Crippen molar-refractivity contribution in [2.45, 2.75) is 12.6 Å². The number of aliphatic hydroxyl groups excluding tert-OH is 1. The number of carboxylic acid groups (broad SMARTS) is 1. The van der Waals surface area contributed by atoms with E-state index in [4.69, 9.17) is 5.11 Å². The van der Waals surface area contributed by atoms with Gasteiger partial charge in [0.25, 0.3) is 0 Å². The van der Waals surface area contributed by atoms with Gasteiger partial charge in [0.05, 0.1) is 11.8 Å². The van der Waals surface area contributed by atoms with Crippen LogP contribution in [0.5, 0.6) is 0 Å². The normalized spacial score (nSPS) is 12.3. The highest BCUT2D eigenvalue weighted by Gasteiger charge is 2.08. The van der Waals surface area contributed by atoms with Crippen LogP contribution >= 0.6 is 11.3 Å². The van der Waals surface area contributed by atoms with Crippen molar-refractivity contribution >= 4 is 17.3 Å². The molecule has 0 saturated carbocycles. The minimum atomic E-state index is -1.04. The van der Waals surface area contributed by atoms with E-state index in [1.54, 1.807) is 12.1 Å². The quantitative estimate of drug-likeness (QED) is 0.748. The number of hydrogen-bond donors (Lipinski definition) is 3. The minimum Gasteiger partial charge on any atom is -0.477 e. The van der Waals surface area contributed by atoms with Crippen molar-refractivity contribution in [2.24, 2.45) is 0 Å². The summed E-state index contributed by atoms with van der Waals surface area (Å²) in [6.45, 7) is 0.817. The van der Waals surface area contributed by atoms with Crippen LogP contribution < -0.4 is 5.32 Å². The smallest absolute Gasteiger partial charge is 0.354 e. The van der Waals surface area contributed by atoms with Crippen molar-refractivity contribution in [3.63, 3.8) is 0 Å². The summed E-state index contributed by atoms with van der Waals surface area (Å²) < 4.78 is 0. The first kappa shape index (κ1) is 13.7. The zero-order valence-corrected chi connectivity index (χ0v) is 10.9. The molecule has 2 aromatic rings. The van der Waals surface area contributed by atoms with Crippen LogP contribution in [0.25, 0.3) is 0 Å². The van der Waals surface area contributed by atoms with E-state index >= 15 is 0 Å². The van der Waals surface area contributed by atoms with Gasteiger partial charge >= 0.3 is 5.97 Å². The van der Waals surface area contributed by atoms with Crippen LogP contribution in [0.4, 0.5) is 0 Å². The van der Waals surface area contributed by atoms with E-state index in [0.717, 1.165) is 5.56 Å². The summed E-state index contributed by atoms with van der Waals surface area (Å²) in [5.74, 6) is -1.04. The zero-order valence-electron chi connectivity index (χ0n) is 10.1. The van der Waals surface area contributed by atoms with Gasteiger partial charge in [-0.2, -0.15) is 11.3 Å². The minimum absolute atomic E-state index is 0.0256. The second-order valence-corrected chi connectivity index (χ2v) is 4.80. The molecule has 19 heavy (non-hydrogen) atoms. The lowest BCUT2D eigenvalue weighted by Gasteiger charge is -2.10. The fourth-order valence-corrected chi connectivity index (χ4v) is 2.32. The summed E-state index contributed by atoms with van der Waals surface area (Å²) in [7, 11) is 0. The molecule has 100 valence electrons. The lowest BCUT2D eigenvalue weighted by Crippen LogP contribution is -2.21. The third-order valence-electron chi connectivity index (χ3n) is 2.60. The predicted molar refractivity (Wildman–Crippen MR) is 72.2 cm³/mol. The molecule has 0 aromatic carbocycles. The van der Waals surface area contributed by atoms with E-state index in [9.17, 15) is 9.90 Å². The van der Waals surface area contributed by atoms with E-state index in [2.05, 4.69) is 10.3 Å². The average Bonchev–Trinajstić information content (AvgIpc) is 2.93. The van der Waals surface area contributed by atoms with E-state index in [-0.39, 0.29) is 5.69 Å². The molecule has 0 amide bonds. The number of nitrogens with one attached hydrogen (secondary N) is 1. The molecule has 0 bridgehead atoms. The van der Waals surface area contributed by atoms with Crippen molar-refractivity contribution in [1.29, 1.82) is 0 Å². The summed E-state index contributed by atoms with van der Waals surface area (Å²) in [5.41, 5.74) is 1.54. The Morgan fingerprint density at radius 1 is 1.42 bits per heavy atom. The maximum atomic E-state index is 10.8. The summed E-state index contributed by atoms with van der Waals surface area (Å²) in [4.78, 5) is 14.8. The van der Waals surface area contributed by atoms with Gasteiger partial charge in [-0.05, 0) is 34.5 Å². The van der Waals surface area contributed by atoms with Crippen LogP contribution in [-0.2, 0) is 6.54 Å². The summed E-state index contributed by atoms with van der Waals surface area (Å²) in [5, 5.41) is 25.6. The second-order valence-electron chi connectivity index (χ2n) is 4.02. The Bertz CT molecular complexity index is 543. The first-order valence-electron chi connectivity index (χ1n) is 5.77. The number of aliphatic hydroxyl groups is 1. The lowest BCUT2D eigenvalue weighted by atomic mass is 10.2. The number of carboxylic acids is 1. The van der Waals surface area contributed by atoms with Crippen molar-refractivity contribution in [3.05, 3.63) is 52.0 Å². The van der Waals surface area contributed by atoms with Gasteiger partial charge in [0.1, 0.15) is 5.69 Å². The number of carbonyl (C=O) groups is 1. The number of nitrogens with zero attached hydrogens (tertiary/aromatic N) is 1. The number of thiophene rings is 1. The number of aromatic nitrogens is 1. The molecule has 6 heteroatoms. The highest BCUT2D eigenvalue weighted by atomic mass is 32.1. The van der Waals surface area contributed by atoms with Gasteiger partial charge in [0.2, 0.25) is 0 Å². The highest BCUT2D eigenvalue weighted by molar-refractivity contribution is 7.07. The third-order valence-corrected chi connectivity index (χ3v) is 3.30. The van der Waals surface area contributed by atoms with E-state index in [1.807, 2.05) is 16.8 Å². The van der Waals surface area contributed by atoms with Gasteiger partial charge in [0, 0.05) is 13.1 Å². The van der Waals surface area contributed by atoms with Crippen LogP contribution in [0.1, 0.15) is 27.8 Å². The summed E-state index contributed by atoms with van der Waals surface area (Å²) >= 11 is 1.54. The maximum absolute atomic E-state index is 10.8. The largest absolute Gasteiger partial charge is 0.477 e. The van der Waals surface area contributed by atoms with Crippen LogP contribution in [0.15, 0.2) is 35.0 Å². The zero-order chi connectivity index (χ0) is 13.7. The van der Waals surface area contributed by atoms with Crippen molar-refractivity contribution in [2.75, 3.05) is 6.54 Å². The molecule has 0 aliphatic rings. The molecule has 0 radical (unpaired) electrons. The molecule has 0 fully saturated rings. The molecule has 0 saturated heterocycles. The van der Waals surface area contributed by atoms with Crippen LogP contribution in [-0.4, -0.2) is 27.7 Å². The van der Waals surface area contributed by atoms with E-state index in [1.165, 1.54) is 17.4 Å². The number of hydrogen-bond acceptors (Lipinski definition) is 5. The van der Waals surface area contributed by atoms with Crippen molar-refractivity contribution in [3.8, 4) is 0 Å². The first-order chi connectivity index (χ1) is 9.16. The van der Waals surface area contributed by atoms with E-state index < -0.39 is 12.1 Å². The second kappa shape index (κ2) is 6.42. The number of aromatic carboxylic acids is 1. The molecule has 5 nitrogen and oxygen atoms in total. The molecule has 2 heterocycles. The highest BCUT2D eigenvalue weighted by Crippen LogP contribution is 2.15. The van der Waals surface area contributed by atoms with Gasteiger partial charge in [-0.1, -0.05) is 6.07 Å². The SMILES string of the molecule is O=C(O)c1cccc(CNCC(O)c2ccsc2)n1. The Balaban J connectivity index is 1.86. The molecule has 2 aromatic heterocycles. The molecule has 2 rings (SSSR count). The van der Waals surface area contributed by atoms with Crippen LogP contribution in [0.3, 0.4) is 0 Å². The van der Waals surface area contributed by atoms with Gasteiger partial charge < -0.3 is 15.5 Å². The Hall–Kier alpha value is -1.76. The Morgan fingerprint density at radius 2 is 2.26 bits per heavy atom. The summed E-state index contributed by atoms with van der Waals surface area (Å²) in [6.07, 6.45) is -0.561. The molecular weight excluding hydrogens is 264 g/mol. The van der Waals surface area contributed by atoms with Crippen molar-refractivity contribution in [1.82, 2.24) is 10.3 Å². The number of pyridine rings is 1. The van der Waals surface area contributed by atoms with Gasteiger partial charge in [-0.25, -0.2) is 9.78 Å². The van der Waals surface area contributed by atoms with Gasteiger partial charge in [-0.15, -0.1) is 0 Å². The first-order valence-corrected chi connectivity index (χ1v) is 6.71. The Labute approximate surface area is 114 Å². The van der Waals surface area contributed by atoms with Crippen molar-refractivity contribution < 1.29 is 15.0 Å². The van der Waals surface area contributed by atoms with Crippen LogP contribution in [0.2, 0.25) is 0 Å². The monoisotopic (exact) mass is 278 g/mol. The third kappa shape index (κ3) is 3.85. The molecule has 1 atom stereocenters. The molecule has 0 aliphatic heterocycles. The van der Waals surface area contributed by atoms with Crippen LogP contribution in [0, 0.1) is 0 Å². The molecule has 3 N–H and O–H groups in total. The molecular formula is C13H14N2O3S. The van der Waals surface area contributed by atoms with Gasteiger partial charge in [0.15, 0.2) is 0 Å². The number of rotatable bonds is 6.